The maximum absolute atomic E-state index is 14.7. The van der Waals surface area contributed by atoms with Crippen molar-refractivity contribution in [2.45, 2.75) is 53.9 Å². The van der Waals surface area contributed by atoms with Crippen LogP contribution in [0.2, 0.25) is 10.0 Å². The first-order valence-corrected chi connectivity index (χ1v) is 22.0. The number of nitrogens with one attached hydrogen (secondary N) is 3. The number of amides is 2. The number of nitrogens with zero attached hydrogens (tertiary/aromatic N) is 3. The minimum absolute atomic E-state index is 0.00164. The van der Waals surface area contributed by atoms with Crippen LogP contribution in [-0.4, -0.2) is 78.2 Å². The molecule has 8 N–H and O–H groups in total. The van der Waals surface area contributed by atoms with Crippen LogP contribution in [0.3, 0.4) is 0 Å². The van der Waals surface area contributed by atoms with E-state index in [4.69, 9.17) is 33.4 Å². The fraction of sp³-hybridized carbons (Fsp3) is 0.237. The van der Waals surface area contributed by atoms with Crippen molar-refractivity contribution in [3.63, 3.8) is 0 Å². The molecule has 0 spiro atoms. The molecule has 3 aliphatic rings. The molecule has 2 amide bonds. The summed E-state index contributed by atoms with van der Waals surface area (Å²) in [7, 11) is -9.05. The third-order valence-corrected chi connectivity index (χ3v) is 12.8. The summed E-state index contributed by atoms with van der Waals surface area (Å²) < 4.78 is 121. The zero-order valence-corrected chi connectivity index (χ0v) is 35.3. The van der Waals surface area contributed by atoms with Crippen LogP contribution in [0.4, 0.5) is 24.8 Å². The second kappa shape index (κ2) is 16.4. The lowest BCUT2D eigenvalue weighted by atomic mass is 9.89. The first-order chi connectivity index (χ1) is 29.5. The van der Waals surface area contributed by atoms with Gasteiger partial charge in [-0.2, -0.15) is 30.0 Å². The van der Waals surface area contributed by atoms with Gasteiger partial charge in [0.05, 0.1) is 37.7 Å². The van der Waals surface area contributed by atoms with Crippen LogP contribution in [0, 0.1) is 0 Å². The van der Waals surface area contributed by atoms with Gasteiger partial charge in [0.1, 0.15) is 0 Å². The van der Waals surface area contributed by atoms with E-state index < -0.39 is 82.6 Å². The lowest BCUT2D eigenvalue weighted by Gasteiger charge is -2.32. The van der Waals surface area contributed by atoms with E-state index in [9.17, 15) is 58.6 Å². The Balaban J connectivity index is 1.08. The molecule has 0 radical (unpaired) electrons. The van der Waals surface area contributed by atoms with Gasteiger partial charge < -0.3 is 25.9 Å². The first kappa shape index (κ1) is 45.2. The predicted molar refractivity (Wildman–Crippen MR) is 221 cm³/mol. The number of hydrogen-bond acceptors (Lipinski definition) is 12. The minimum atomic E-state index is -5.30. The lowest BCUT2D eigenvalue weighted by molar-refractivity contribution is -0.217. The Morgan fingerprint density at radius 1 is 0.968 bits per heavy atom. The molecule has 0 bridgehead atoms. The van der Waals surface area contributed by atoms with Gasteiger partial charge in [0.25, 0.3) is 31.8 Å². The number of nitrogen functional groups attached to an aromatic ring is 1. The Labute approximate surface area is 363 Å². The van der Waals surface area contributed by atoms with Crippen LogP contribution in [0.15, 0.2) is 73.8 Å². The van der Waals surface area contributed by atoms with Gasteiger partial charge in [-0.15, -0.1) is 0 Å². The molecule has 63 heavy (non-hydrogen) atoms. The number of anilines is 2. The quantitative estimate of drug-likeness (QED) is 0.0312. The summed E-state index contributed by atoms with van der Waals surface area (Å²) in [5.41, 5.74) is 1.02. The molecule has 3 heterocycles. The zero-order valence-electron chi connectivity index (χ0n) is 32.2. The summed E-state index contributed by atoms with van der Waals surface area (Å²) in [6.07, 6.45) is -4.78. The average Bonchev–Trinajstić information content (AvgIpc) is 3.66. The summed E-state index contributed by atoms with van der Waals surface area (Å²) >= 11 is 12.1. The average molecular weight is 955 g/mol. The molecule has 2 aliphatic heterocycles. The summed E-state index contributed by atoms with van der Waals surface area (Å²) in [4.78, 5) is 44.7. The maximum Gasteiger partial charge on any atom is 0.440 e. The minimum Gasteiger partial charge on any atom is -0.478 e. The molecule has 0 saturated heterocycles. The topological polar surface area (TPSA) is 286 Å². The van der Waals surface area contributed by atoms with E-state index in [1.807, 2.05) is 5.32 Å². The number of aromatic carboxylic acids is 1. The van der Waals surface area contributed by atoms with E-state index in [-0.39, 0.29) is 73.5 Å². The third kappa shape index (κ3) is 8.04. The lowest BCUT2D eigenvalue weighted by Crippen LogP contribution is -2.63. The van der Waals surface area contributed by atoms with E-state index in [0.717, 1.165) is 12.1 Å². The van der Waals surface area contributed by atoms with Crippen molar-refractivity contribution in [1.82, 2.24) is 20.2 Å². The molecule has 1 aromatic heterocycles. The number of carbonyl (C=O) groups is 3. The molecule has 25 heteroatoms. The molecular weight excluding hydrogens is 922 g/mol. The number of benzene rings is 4. The molecule has 7 rings (SSSR count). The van der Waals surface area contributed by atoms with E-state index in [1.165, 1.54) is 49.5 Å². The van der Waals surface area contributed by atoms with E-state index >= 15 is 0 Å². The highest BCUT2D eigenvalue weighted by Gasteiger charge is 2.67. The number of carboxylic acid groups (broad SMARTS) is 1. The maximum atomic E-state index is 14.7. The number of rotatable bonds is 13. The molecule has 332 valence electrons. The normalized spacial score (nSPS) is 15.9. The van der Waals surface area contributed by atoms with Crippen molar-refractivity contribution in [2.75, 3.05) is 24.6 Å². The van der Waals surface area contributed by atoms with E-state index in [0.29, 0.717) is 29.5 Å². The van der Waals surface area contributed by atoms with E-state index in [1.54, 1.807) is 0 Å². The molecule has 0 fully saturated rings. The Morgan fingerprint density at radius 2 is 1.65 bits per heavy atom. The van der Waals surface area contributed by atoms with Crippen LogP contribution in [0.25, 0.3) is 44.5 Å². The number of aromatic nitrogens is 2. The standard InChI is InChI=1S/C38H32Cl2F3N7O11S2/c1-45-25-11-9-20-29(19-8-10-24(44)32(62(55,56)57)30(19)61-31(20)33(25)63(58,59)60)18-7-6-17(13-21(18)34(52)53)16-46-12-4-2-3-5-28(51)49-37(38(41,42)43)35(54)48-36-47-26-14-22(39)23(40)15-27(26)50(36)37/h6-11,13-15,46H,2-5,12,16,44H2,1H3,(H,49,51)(H,52,53)(H,47,48,54)(H,55,56,57)(H,58,59,60)/b45-25+. The number of halogens is 5. The van der Waals surface area contributed by atoms with Gasteiger partial charge in [0.2, 0.25) is 11.9 Å². The first-order valence-electron chi connectivity index (χ1n) is 18.3. The summed E-state index contributed by atoms with van der Waals surface area (Å²) in [5.74, 6) is -5.14. The summed E-state index contributed by atoms with van der Waals surface area (Å²) in [6.45, 7) is 0.414. The molecule has 0 saturated carbocycles. The van der Waals surface area contributed by atoms with Crippen molar-refractivity contribution >= 4 is 94.9 Å². The molecule has 3 aromatic carbocycles. The van der Waals surface area contributed by atoms with Gasteiger partial charge >= 0.3 is 12.1 Å². The highest BCUT2D eigenvalue weighted by atomic mass is 35.5. The number of nitrogens with two attached hydrogens (primary N) is 1. The molecule has 1 aliphatic carbocycles. The number of carbonyl (C=O) groups excluding carboxylic acids is 2. The van der Waals surface area contributed by atoms with Gasteiger partial charge in [-0.25, -0.2) is 9.78 Å². The van der Waals surface area contributed by atoms with Crippen molar-refractivity contribution in [3.8, 4) is 22.5 Å². The van der Waals surface area contributed by atoms with E-state index in [2.05, 4.69) is 20.6 Å². The second-order valence-electron chi connectivity index (χ2n) is 14.2. The Kier molecular flexibility index (Phi) is 11.8. The molecule has 18 nitrogen and oxygen atoms in total. The highest BCUT2D eigenvalue weighted by Crippen LogP contribution is 2.47. The number of imidazole rings is 1. The van der Waals surface area contributed by atoms with Crippen LogP contribution in [0.5, 0.6) is 0 Å². The molecule has 1 unspecified atom stereocenters. The molecule has 1 atom stereocenters. The summed E-state index contributed by atoms with van der Waals surface area (Å²) in [6, 6.07) is 11.5. The number of unbranched alkanes of at least 4 members (excludes halogenated alkanes) is 2. The van der Waals surface area contributed by atoms with Crippen molar-refractivity contribution in [1.29, 1.82) is 0 Å². The fourth-order valence-corrected chi connectivity index (χ4v) is 9.37. The number of alkyl halides is 3. The monoisotopic (exact) mass is 953 g/mol. The smallest absolute Gasteiger partial charge is 0.440 e. The Morgan fingerprint density at radius 3 is 2.30 bits per heavy atom. The molecular formula is C38H32Cl2F3N7O11S2. The van der Waals surface area contributed by atoms with Crippen molar-refractivity contribution < 1.29 is 63.0 Å². The van der Waals surface area contributed by atoms with Crippen molar-refractivity contribution in [3.05, 3.63) is 81.1 Å². The predicted octanol–water partition coefficient (Wildman–Crippen LogP) is 5.80. The zero-order chi connectivity index (χ0) is 46.0. The highest BCUT2D eigenvalue weighted by molar-refractivity contribution is 7.86. The summed E-state index contributed by atoms with van der Waals surface area (Å²) in [5, 5.41) is 17.0. The van der Waals surface area contributed by atoms with Gasteiger partial charge in [-0.3, -0.25) is 33.6 Å². The third-order valence-electron chi connectivity index (χ3n) is 10.2. The Hall–Kier alpha value is -5.82. The van der Waals surface area contributed by atoms with Crippen LogP contribution < -0.4 is 27.0 Å². The van der Waals surface area contributed by atoms with Gasteiger partial charge in [0.15, 0.2) is 21.1 Å². The number of fused-ring (bicyclic) bond motifs is 5. The fourth-order valence-electron chi connectivity index (χ4n) is 7.49. The SMILES string of the molecule is C/N=c1\ccc2c(-c3ccc(CNCCCCCC(=O)NC4(C(F)(F)F)C(=O)Nc5nc6cc(Cl)c(Cl)cc6n54)cc3C(=O)O)c3ccc(N)c(S(=O)(=O)O)c3oc-2c1S(=O)(=O)O. The number of hydrogen-bond donors (Lipinski definition) is 7. The van der Waals surface area contributed by atoms with Gasteiger partial charge in [-0.1, -0.05) is 41.8 Å². The van der Waals surface area contributed by atoms with Crippen LogP contribution in [-0.2, 0) is 42.0 Å². The Bertz CT molecular complexity index is 3200. The van der Waals surface area contributed by atoms with Crippen LogP contribution >= 0.6 is 23.2 Å². The van der Waals surface area contributed by atoms with Gasteiger partial charge in [0, 0.05) is 36.5 Å². The largest absolute Gasteiger partial charge is 0.478 e. The number of carboxylic acids is 1. The second-order valence-corrected chi connectivity index (χ2v) is 17.7. The van der Waals surface area contributed by atoms with Crippen molar-refractivity contribution in [2.24, 2.45) is 4.99 Å². The molecule has 4 aromatic rings. The van der Waals surface area contributed by atoms with Crippen LogP contribution in [0.1, 0.15) is 41.6 Å². The van der Waals surface area contributed by atoms with Gasteiger partial charge in [-0.05, 0) is 73.0 Å².